The van der Waals surface area contributed by atoms with Crippen LogP contribution < -0.4 is 11.5 Å². The molecule has 3 heteroatoms. The van der Waals surface area contributed by atoms with Crippen LogP contribution in [0.3, 0.4) is 0 Å². The first-order valence-electron chi connectivity index (χ1n) is 3.42. The molecule has 0 heterocycles. The van der Waals surface area contributed by atoms with Gasteiger partial charge in [-0.25, -0.2) is 0 Å². The van der Waals surface area contributed by atoms with Crippen LogP contribution in [0, 0.1) is 0 Å². The van der Waals surface area contributed by atoms with E-state index in [2.05, 4.69) is 5.73 Å². The average molecular weight is 151 g/mol. The van der Waals surface area contributed by atoms with Crippen molar-refractivity contribution in [3.05, 3.63) is 35.4 Å². The molecule has 58 valence electrons. The second kappa shape index (κ2) is 3.16. The maximum atomic E-state index is 10.6. The van der Waals surface area contributed by atoms with Gasteiger partial charge in [-0.3, -0.25) is 4.79 Å². The second-order valence-electron chi connectivity index (χ2n) is 2.31. The highest BCUT2D eigenvalue weighted by atomic mass is 16.1. The van der Waals surface area contributed by atoms with Gasteiger partial charge < -0.3 is 11.5 Å². The minimum atomic E-state index is -0.388. The topological polar surface area (TPSA) is 70.7 Å². The van der Waals surface area contributed by atoms with Crippen LogP contribution in [0.25, 0.3) is 0 Å². The molecule has 0 bridgehead atoms. The Morgan fingerprint density at radius 2 is 1.91 bits per heavy atom. The first kappa shape index (κ1) is 7.75. The van der Waals surface area contributed by atoms with E-state index in [-0.39, 0.29) is 5.91 Å². The number of nitrogens with two attached hydrogens (primary N) is 1. The molecule has 0 aliphatic heterocycles. The van der Waals surface area contributed by atoms with Crippen LogP contribution in [0.1, 0.15) is 15.9 Å². The van der Waals surface area contributed by atoms with Crippen molar-refractivity contribution in [2.45, 2.75) is 6.54 Å². The van der Waals surface area contributed by atoms with Crippen molar-refractivity contribution in [3.63, 3.8) is 0 Å². The molecule has 0 saturated heterocycles. The van der Waals surface area contributed by atoms with Gasteiger partial charge in [-0.1, -0.05) is 12.1 Å². The molecule has 1 aromatic rings. The molecule has 5 N–H and O–H groups in total. The first-order valence-corrected chi connectivity index (χ1v) is 3.42. The summed E-state index contributed by atoms with van der Waals surface area (Å²) < 4.78 is 0. The normalized spacial score (nSPS) is 9.55. The number of quaternary nitrogens is 1. The smallest absolute Gasteiger partial charge is 0.248 e. The summed E-state index contributed by atoms with van der Waals surface area (Å²) in [5.74, 6) is -0.388. The van der Waals surface area contributed by atoms with Crippen molar-refractivity contribution in [1.29, 1.82) is 0 Å². The number of primary amides is 1. The van der Waals surface area contributed by atoms with Crippen LogP contribution in [-0.2, 0) is 6.54 Å². The Hall–Kier alpha value is -1.35. The SMILES string of the molecule is NC(=O)c1ccc(C[NH3+])cc1. The van der Waals surface area contributed by atoms with Crippen LogP contribution in [0.2, 0.25) is 0 Å². The number of rotatable bonds is 2. The van der Waals surface area contributed by atoms with Crippen molar-refractivity contribution in [3.8, 4) is 0 Å². The van der Waals surface area contributed by atoms with Gasteiger partial charge in [0.15, 0.2) is 0 Å². The Balaban J connectivity index is 2.91. The summed E-state index contributed by atoms with van der Waals surface area (Å²) in [6.45, 7) is 0.735. The first-order chi connectivity index (χ1) is 5.24. The van der Waals surface area contributed by atoms with Gasteiger partial charge in [0.25, 0.3) is 0 Å². The van der Waals surface area contributed by atoms with Gasteiger partial charge in [-0.05, 0) is 12.1 Å². The molecule has 0 atom stereocenters. The average Bonchev–Trinajstić information content (AvgIpc) is 2.05. The van der Waals surface area contributed by atoms with Crippen LogP contribution in [-0.4, -0.2) is 5.91 Å². The molecular weight excluding hydrogens is 140 g/mol. The number of hydrogen-bond acceptors (Lipinski definition) is 1. The minimum Gasteiger partial charge on any atom is -0.366 e. The Morgan fingerprint density at radius 1 is 1.36 bits per heavy atom. The number of amides is 1. The predicted octanol–water partition coefficient (Wildman–Crippen LogP) is -0.473. The molecule has 0 aromatic heterocycles. The Kier molecular flexibility index (Phi) is 2.23. The molecule has 0 fully saturated rings. The van der Waals surface area contributed by atoms with Crippen molar-refractivity contribution >= 4 is 5.91 Å². The summed E-state index contributed by atoms with van der Waals surface area (Å²) in [6.07, 6.45) is 0. The maximum absolute atomic E-state index is 10.6. The quantitative estimate of drug-likeness (QED) is 0.589. The zero-order valence-electron chi connectivity index (χ0n) is 6.21. The highest BCUT2D eigenvalue weighted by molar-refractivity contribution is 5.92. The molecule has 0 aliphatic carbocycles. The van der Waals surface area contributed by atoms with Gasteiger partial charge in [-0.2, -0.15) is 0 Å². The van der Waals surface area contributed by atoms with E-state index in [0.29, 0.717) is 5.56 Å². The van der Waals surface area contributed by atoms with E-state index in [1.807, 2.05) is 12.1 Å². The van der Waals surface area contributed by atoms with Crippen molar-refractivity contribution in [2.75, 3.05) is 0 Å². The van der Waals surface area contributed by atoms with E-state index in [9.17, 15) is 4.79 Å². The van der Waals surface area contributed by atoms with Gasteiger partial charge in [0.05, 0.1) is 6.54 Å². The van der Waals surface area contributed by atoms with Crippen molar-refractivity contribution in [1.82, 2.24) is 0 Å². The van der Waals surface area contributed by atoms with E-state index in [0.717, 1.165) is 12.1 Å². The number of carbonyl (C=O) groups excluding carboxylic acids is 1. The molecule has 0 saturated carbocycles. The van der Waals surface area contributed by atoms with Crippen LogP contribution in [0.15, 0.2) is 24.3 Å². The van der Waals surface area contributed by atoms with Gasteiger partial charge >= 0.3 is 0 Å². The summed E-state index contributed by atoms with van der Waals surface area (Å²) in [6, 6.07) is 7.13. The zero-order valence-corrected chi connectivity index (χ0v) is 6.21. The number of benzene rings is 1. The van der Waals surface area contributed by atoms with Gasteiger partial charge in [0, 0.05) is 11.1 Å². The van der Waals surface area contributed by atoms with Crippen LogP contribution >= 0.6 is 0 Å². The van der Waals surface area contributed by atoms with Crippen LogP contribution in [0.5, 0.6) is 0 Å². The Morgan fingerprint density at radius 3 is 2.27 bits per heavy atom. The molecule has 0 spiro atoms. The lowest BCUT2D eigenvalue weighted by Gasteiger charge is -1.95. The molecule has 1 rings (SSSR count). The molecular formula is C8H11N2O+. The van der Waals surface area contributed by atoms with Gasteiger partial charge in [0.1, 0.15) is 0 Å². The molecule has 1 aromatic carbocycles. The van der Waals surface area contributed by atoms with Crippen molar-refractivity contribution < 1.29 is 10.5 Å². The van der Waals surface area contributed by atoms with E-state index < -0.39 is 0 Å². The van der Waals surface area contributed by atoms with E-state index in [4.69, 9.17) is 5.73 Å². The third-order valence-corrected chi connectivity index (χ3v) is 1.53. The van der Waals surface area contributed by atoms with E-state index in [1.54, 1.807) is 12.1 Å². The summed E-state index contributed by atoms with van der Waals surface area (Å²) in [5, 5.41) is 0. The fourth-order valence-corrected chi connectivity index (χ4v) is 0.836. The molecule has 0 unspecified atom stereocenters. The van der Waals surface area contributed by atoms with E-state index in [1.165, 1.54) is 0 Å². The molecule has 1 amide bonds. The Bertz CT molecular complexity index is 253. The molecule has 3 nitrogen and oxygen atoms in total. The second-order valence-corrected chi connectivity index (χ2v) is 2.31. The summed E-state index contributed by atoms with van der Waals surface area (Å²) in [4.78, 5) is 10.6. The molecule has 0 aliphatic rings. The minimum absolute atomic E-state index is 0.388. The van der Waals surface area contributed by atoms with Crippen LogP contribution in [0.4, 0.5) is 0 Å². The van der Waals surface area contributed by atoms with Gasteiger partial charge in [-0.15, -0.1) is 0 Å². The highest BCUT2D eigenvalue weighted by Gasteiger charge is 1.98. The van der Waals surface area contributed by atoms with Crippen molar-refractivity contribution in [2.24, 2.45) is 5.73 Å². The fraction of sp³-hybridized carbons (Fsp3) is 0.125. The largest absolute Gasteiger partial charge is 0.366 e. The number of carbonyl (C=O) groups is 1. The fourth-order valence-electron chi connectivity index (χ4n) is 0.836. The lowest BCUT2D eigenvalue weighted by Crippen LogP contribution is -2.47. The lowest BCUT2D eigenvalue weighted by atomic mass is 10.1. The third-order valence-electron chi connectivity index (χ3n) is 1.53. The number of hydrogen-bond donors (Lipinski definition) is 2. The lowest BCUT2D eigenvalue weighted by molar-refractivity contribution is -0.386. The maximum Gasteiger partial charge on any atom is 0.248 e. The third kappa shape index (κ3) is 1.78. The highest BCUT2D eigenvalue weighted by Crippen LogP contribution is 2.01. The standard InChI is InChI=1S/C8H10N2O/c9-5-6-1-3-7(4-2-6)8(10)11/h1-4H,5,9H2,(H2,10,11)/p+1. The summed E-state index contributed by atoms with van der Waals surface area (Å²) >= 11 is 0. The Labute approximate surface area is 65.0 Å². The van der Waals surface area contributed by atoms with E-state index >= 15 is 0 Å². The predicted molar refractivity (Wildman–Crippen MR) is 41.6 cm³/mol. The molecule has 11 heavy (non-hydrogen) atoms. The monoisotopic (exact) mass is 151 g/mol. The summed E-state index contributed by atoms with van der Waals surface area (Å²) in [5.41, 5.74) is 10.4. The molecule has 0 radical (unpaired) electrons. The summed E-state index contributed by atoms with van der Waals surface area (Å²) in [7, 11) is 0. The van der Waals surface area contributed by atoms with Gasteiger partial charge in [0.2, 0.25) is 5.91 Å². The zero-order chi connectivity index (χ0) is 8.27.